The lowest BCUT2D eigenvalue weighted by Gasteiger charge is -2.36. The molecule has 0 N–H and O–H groups in total. The highest BCUT2D eigenvalue weighted by Gasteiger charge is 2.25. The van der Waals surface area contributed by atoms with Gasteiger partial charge in [0, 0.05) is 12.6 Å². The lowest BCUT2D eigenvalue weighted by atomic mass is 9.87. The Labute approximate surface area is 127 Å². The molecule has 0 saturated carbocycles. The zero-order valence-corrected chi connectivity index (χ0v) is 12.9. The van der Waals surface area contributed by atoms with Gasteiger partial charge in [0.05, 0.1) is 0 Å². The minimum absolute atomic E-state index is 0.511. The summed E-state index contributed by atoms with van der Waals surface area (Å²) in [7, 11) is 2.25. The van der Waals surface area contributed by atoms with Crippen molar-refractivity contribution in [2.24, 2.45) is 0 Å². The highest BCUT2D eigenvalue weighted by molar-refractivity contribution is 5.70. The Morgan fingerprint density at radius 3 is 2.24 bits per heavy atom. The summed E-state index contributed by atoms with van der Waals surface area (Å²) >= 11 is 0. The molecule has 0 spiro atoms. The molecule has 1 nitrogen and oxygen atoms in total. The number of benzene rings is 2. The van der Waals surface area contributed by atoms with Crippen LogP contribution in [0.2, 0.25) is 0 Å². The number of hydrogen-bond donors (Lipinski definition) is 0. The van der Waals surface area contributed by atoms with Gasteiger partial charge in [0.2, 0.25) is 0 Å². The third-order valence-corrected chi connectivity index (χ3v) is 4.62. The Morgan fingerprint density at radius 2 is 1.57 bits per heavy atom. The van der Waals surface area contributed by atoms with Gasteiger partial charge in [-0.1, -0.05) is 66.2 Å². The van der Waals surface area contributed by atoms with Crippen molar-refractivity contribution in [3.05, 3.63) is 77.4 Å². The maximum Gasteiger partial charge on any atom is 0.0348 e. The molecule has 1 unspecified atom stereocenters. The normalized spacial score (nSPS) is 19.8. The van der Waals surface area contributed by atoms with E-state index in [1.807, 2.05) is 0 Å². The fourth-order valence-electron chi connectivity index (χ4n) is 3.33. The molecule has 1 heteroatoms. The summed E-state index contributed by atoms with van der Waals surface area (Å²) in [5.74, 6) is 0. The van der Waals surface area contributed by atoms with Crippen molar-refractivity contribution >= 4 is 5.57 Å². The van der Waals surface area contributed by atoms with Crippen LogP contribution < -0.4 is 0 Å². The van der Waals surface area contributed by atoms with Gasteiger partial charge in [-0.25, -0.2) is 0 Å². The first-order chi connectivity index (χ1) is 10.3. The molecule has 0 aliphatic carbocycles. The van der Waals surface area contributed by atoms with E-state index >= 15 is 0 Å². The van der Waals surface area contributed by atoms with Crippen LogP contribution in [0.25, 0.3) is 5.57 Å². The lowest BCUT2D eigenvalue weighted by molar-refractivity contribution is 0.265. The molecule has 0 fully saturated rings. The molecule has 3 rings (SSSR count). The Bertz CT molecular complexity index is 613. The van der Waals surface area contributed by atoms with Crippen LogP contribution >= 0.6 is 0 Å². The average molecular weight is 277 g/mol. The summed E-state index contributed by atoms with van der Waals surface area (Å²) < 4.78 is 0. The number of hydrogen-bond acceptors (Lipinski definition) is 1. The summed E-state index contributed by atoms with van der Waals surface area (Å²) in [6.07, 6.45) is 2.25. The monoisotopic (exact) mass is 277 g/mol. The molecule has 1 aliphatic heterocycles. The van der Waals surface area contributed by atoms with Crippen LogP contribution in [0.3, 0.4) is 0 Å². The van der Waals surface area contributed by atoms with Crippen molar-refractivity contribution in [3.63, 3.8) is 0 Å². The Balaban J connectivity index is 1.91. The molecule has 0 aromatic heterocycles. The van der Waals surface area contributed by atoms with E-state index in [0.717, 1.165) is 19.4 Å². The molecule has 108 valence electrons. The molecule has 1 aliphatic rings. The predicted molar refractivity (Wildman–Crippen MR) is 90.2 cm³/mol. The van der Waals surface area contributed by atoms with E-state index < -0.39 is 0 Å². The quantitative estimate of drug-likeness (QED) is 0.803. The number of nitrogens with zero attached hydrogens (tertiary/aromatic N) is 1. The molecule has 21 heavy (non-hydrogen) atoms. The molecule has 2 aromatic carbocycles. The first-order valence-electron chi connectivity index (χ1n) is 7.75. The fraction of sp³-hybridized carbons (Fsp3) is 0.300. The van der Waals surface area contributed by atoms with Crippen molar-refractivity contribution in [3.8, 4) is 0 Å². The molecule has 1 heterocycles. The summed E-state index contributed by atoms with van der Waals surface area (Å²) in [4.78, 5) is 2.49. The van der Waals surface area contributed by atoms with E-state index in [9.17, 15) is 0 Å². The van der Waals surface area contributed by atoms with Crippen molar-refractivity contribution in [2.45, 2.75) is 25.8 Å². The lowest BCUT2D eigenvalue weighted by Crippen LogP contribution is -2.39. The van der Waals surface area contributed by atoms with Gasteiger partial charge >= 0.3 is 0 Å². The highest BCUT2D eigenvalue weighted by Crippen LogP contribution is 2.31. The molecular weight excluding hydrogens is 254 g/mol. The summed E-state index contributed by atoms with van der Waals surface area (Å²) in [6, 6.07) is 22.2. The molecule has 0 saturated heterocycles. The van der Waals surface area contributed by atoms with Crippen LogP contribution in [-0.4, -0.2) is 24.5 Å². The molecule has 0 amide bonds. The van der Waals surface area contributed by atoms with E-state index in [1.165, 1.54) is 22.3 Å². The first kappa shape index (κ1) is 14.1. The molecule has 2 aromatic rings. The first-order valence-corrected chi connectivity index (χ1v) is 7.75. The van der Waals surface area contributed by atoms with E-state index in [4.69, 9.17) is 0 Å². The van der Waals surface area contributed by atoms with Gasteiger partial charge in [-0.3, -0.25) is 4.90 Å². The standard InChI is InChI=1S/C20H23N/c1-16-19(18-11-7-4-8-12-18)13-14-21(2)20(16)15-17-9-5-3-6-10-17/h3-12,20H,13-15H2,1-2H3. The van der Waals surface area contributed by atoms with Crippen LogP contribution in [0.1, 0.15) is 24.5 Å². The van der Waals surface area contributed by atoms with Crippen LogP contribution in [-0.2, 0) is 6.42 Å². The third kappa shape index (κ3) is 3.08. The largest absolute Gasteiger partial charge is 0.299 e. The maximum atomic E-state index is 2.49. The van der Waals surface area contributed by atoms with Gasteiger partial charge in [-0.15, -0.1) is 0 Å². The minimum atomic E-state index is 0.511. The molecule has 0 bridgehead atoms. The van der Waals surface area contributed by atoms with Crippen molar-refractivity contribution < 1.29 is 0 Å². The number of rotatable bonds is 3. The topological polar surface area (TPSA) is 3.24 Å². The van der Waals surface area contributed by atoms with Gasteiger partial charge in [0.15, 0.2) is 0 Å². The summed E-state index contributed by atoms with van der Waals surface area (Å²) in [5, 5.41) is 0. The van der Waals surface area contributed by atoms with E-state index in [2.05, 4.69) is 79.5 Å². The van der Waals surface area contributed by atoms with Crippen molar-refractivity contribution in [2.75, 3.05) is 13.6 Å². The average Bonchev–Trinajstić information content (AvgIpc) is 2.53. The Morgan fingerprint density at radius 1 is 0.952 bits per heavy atom. The van der Waals surface area contributed by atoms with Crippen molar-refractivity contribution in [1.82, 2.24) is 4.90 Å². The maximum absolute atomic E-state index is 2.49. The fourth-order valence-corrected chi connectivity index (χ4v) is 3.33. The van der Waals surface area contributed by atoms with E-state index in [-0.39, 0.29) is 0 Å². The second-order valence-corrected chi connectivity index (χ2v) is 5.96. The molecule has 1 atom stereocenters. The van der Waals surface area contributed by atoms with E-state index in [0.29, 0.717) is 6.04 Å². The Kier molecular flexibility index (Phi) is 4.21. The van der Waals surface area contributed by atoms with Crippen LogP contribution in [0.5, 0.6) is 0 Å². The van der Waals surface area contributed by atoms with Crippen LogP contribution in [0.4, 0.5) is 0 Å². The van der Waals surface area contributed by atoms with Gasteiger partial charge in [0.25, 0.3) is 0 Å². The smallest absolute Gasteiger partial charge is 0.0348 e. The van der Waals surface area contributed by atoms with E-state index in [1.54, 1.807) is 0 Å². The highest BCUT2D eigenvalue weighted by atomic mass is 15.1. The second-order valence-electron chi connectivity index (χ2n) is 5.96. The molecular formula is C20H23N. The SMILES string of the molecule is CC1=C(c2ccccc2)CCN(C)C1Cc1ccccc1. The van der Waals surface area contributed by atoms with Crippen molar-refractivity contribution in [1.29, 1.82) is 0 Å². The summed E-state index contributed by atoms with van der Waals surface area (Å²) in [5.41, 5.74) is 5.87. The Hall–Kier alpha value is -1.86. The third-order valence-electron chi connectivity index (χ3n) is 4.62. The van der Waals surface area contributed by atoms with Gasteiger partial charge < -0.3 is 0 Å². The minimum Gasteiger partial charge on any atom is -0.299 e. The van der Waals surface area contributed by atoms with Crippen LogP contribution in [0.15, 0.2) is 66.2 Å². The van der Waals surface area contributed by atoms with Gasteiger partial charge in [0.1, 0.15) is 0 Å². The van der Waals surface area contributed by atoms with Gasteiger partial charge in [-0.2, -0.15) is 0 Å². The summed E-state index contributed by atoms with van der Waals surface area (Å²) in [6.45, 7) is 3.45. The van der Waals surface area contributed by atoms with Gasteiger partial charge in [-0.05, 0) is 43.5 Å². The zero-order chi connectivity index (χ0) is 14.7. The second kappa shape index (κ2) is 6.28. The van der Waals surface area contributed by atoms with Crippen LogP contribution in [0, 0.1) is 0 Å². The predicted octanol–water partition coefficient (Wildman–Crippen LogP) is 4.41. The zero-order valence-electron chi connectivity index (χ0n) is 12.9. The molecule has 0 radical (unpaired) electrons. The number of likely N-dealkylation sites (N-methyl/N-ethyl adjacent to an activating group) is 1.